The summed E-state index contributed by atoms with van der Waals surface area (Å²) >= 11 is 5.88. The Balaban J connectivity index is 2.01. The molecule has 2 aromatic carbocycles. The lowest BCUT2D eigenvalue weighted by Gasteiger charge is -2.11. The highest BCUT2D eigenvalue weighted by Crippen LogP contribution is 2.29. The molecular formula is C15H14ClF2NO2. The molecule has 0 aliphatic rings. The monoisotopic (exact) mass is 313 g/mol. The number of ether oxygens (including phenoxy) is 2. The van der Waals surface area contributed by atoms with Crippen molar-refractivity contribution in [2.24, 2.45) is 0 Å². The van der Waals surface area contributed by atoms with Crippen molar-refractivity contribution in [3.05, 3.63) is 53.1 Å². The molecule has 0 saturated carbocycles. The molecular weight excluding hydrogens is 300 g/mol. The second-order valence-electron chi connectivity index (χ2n) is 4.23. The van der Waals surface area contributed by atoms with Crippen molar-refractivity contribution >= 4 is 17.3 Å². The highest BCUT2D eigenvalue weighted by atomic mass is 35.5. The van der Waals surface area contributed by atoms with Gasteiger partial charge in [-0.3, -0.25) is 0 Å². The Hall–Kier alpha value is -2.01. The molecule has 6 heteroatoms. The number of hydrogen-bond donors (Lipinski definition) is 1. The zero-order valence-corrected chi connectivity index (χ0v) is 12.0. The summed E-state index contributed by atoms with van der Waals surface area (Å²) in [6, 6.07) is 12.2. The van der Waals surface area contributed by atoms with Crippen LogP contribution in [-0.4, -0.2) is 13.7 Å². The highest BCUT2D eigenvalue weighted by molar-refractivity contribution is 6.32. The lowest BCUT2D eigenvalue weighted by molar-refractivity contribution is -0.0497. The van der Waals surface area contributed by atoms with Gasteiger partial charge in [-0.25, -0.2) is 0 Å². The molecule has 0 aliphatic heterocycles. The molecule has 1 N–H and O–H groups in total. The third kappa shape index (κ3) is 4.49. The summed E-state index contributed by atoms with van der Waals surface area (Å²) in [5, 5.41) is 3.28. The van der Waals surface area contributed by atoms with Crippen LogP contribution in [0, 0.1) is 0 Å². The molecule has 0 bridgehead atoms. The summed E-state index contributed by atoms with van der Waals surface area (Å²) in [5.74, 6) is 0.728. The Morgan fingerprint density at radius 1 is 1.19 bits per heavy atom. The normalized spacial score (nSPS) is 10.5. The van der Waals surface area contributed by atoms with Crippen LogP contribution in [0.15, 0.2) is 42.5 Å². The molecule has 0 atom stereocenters. The van der Waals surface area contributed by atoms with Gasteiger partial charge in [-0.15, -0.1) is 0 Å². The number of nitrogens with one attached hydrogen (secondary N) is 1. The maximum absolute atomic E-state index is 12.1. The van der Waals surface area contributed by atoms with Crippen LogP contribution in [0.2, 0.25) is 5.02 Å². The van der Waals surface area contributed by atoms with E-state index in [-0.39, 0.29) is 10.8 Å². The van der Waals surface area contributed by atoms with Gasteiger partial charge in [-0.2, -0.15) is 8.78 Å². The quantitative estimate of drug-likeness (QED) is 0.848. The second kappa shape index (κ2) is 7.13. The average Bonchev–Trinajstić information content (AvgIpc) is 2.47. The highest BCUT2D eigenvalue weighted by Gasteiger charge is 2.09. The predicted molar refractivity (Wildman–Crippen MR) is 78.4 cm³/mol. The maximum Gasteiger partial charge on any atom is 0.387 e. The molecule has 0 fully saturated rings. The molecule has 0 heterocycles. The Morgan fingerprint density at radius 3 is 2.67 bits per heavy atom. The van der Waals surface area contributed by atoms with Gasteiger partial charge in [0.15, 0.2) is 0 Å². The topological polar surface area (TPSA) is 30.5 Å². The minimum absolute atomic E-state index is 0.0430. The van der Waals surface area contributed by atoms with Crippen LogP contribution in [-0.2, 0) is 6.54 Å². The molecule has 0 saturated heterocycles. The van der Waals surface area contributed by atoms with E-state index >= 15 is 0 Å². The number of rotatable bonds is 6. The van der Waals surface area contributed by atoms with Gasteiger partial charge in [-0.05, 0) is 35.9 Å². The van der Waals surface area contributed by atoms with Crippen LogP contribution >= 0.6 is 11.6 Å². The van der Waals surface area contributed by atoms with Gasteiger partial charge in [0, 0.05) is 12.2 Å². The minimum Gasteiger partial charge on any atom is -0.497 e. The molecule has 0 aliphatic carbocycles. The Bertz CT molecular complexity index is 608. The Morgan fingerprint density at radius 2 is 2.00 bits per heavy atom. The SMILES string of the molecule is COc1cccc(CNc2ccc(OC(F)F)c(Cl)c2)c1. The largest absolute Gasteiger partial charge is 0.497 e. The minimum atomic E-state index is -2.89. The van der Waals surface area contributed by atoms with Gasteiger partial charge in [0.1, 0.15) is 11.5 Å². The third-order valence-corrected chi connectivity index (χ3v) is 3.07. The van der Waals surface area contributed by atoms with Crippen molar-refractivity contribution in [3.63, 3.8) is 0 Å². The molecule has 0 unspecified atom stereocenters. The van der Waals surface area contributed by atoms with Crippen LogP contribution in [0.5, 0.6) is 11.5 Å². The molecule has 0 spiro atoms. The fraction of sp³-hybridized carbons (Fsp3) is 0.200. The lowest BCUT2D eigenvalue weighted by Crippen LogP contribution is -2.03. The van der Waals surface area contributed by atoms with Gasteiger partial charge in [0.25, 0.3) is 0 Å². The van der Waals surface area contributed by atoms with Crippen molar-refractivity contribution < 1.29 is 18.3 Å². The van der Waals surface area contributed by atoms with E-state index in [9.17, 15) is 8.78 Å². The summed E-state index contributed by atoms with van der Waals surface area (Å²) in [6.45, 7) is -2.33. The van der Waals surface area contributed by atoms with Gasteiger partial charge < -0.3 is 14.8 Å². The van der Waals surface area contributed by atoms with Gasteiger partial charge in [-0.1, -0.05) is 23.7 Å². The first-order chi connectivity index (χ1) is 10.1. The van der Waals surface area contributed by atoms with Gasteiger partial charge in [0.2, 0.25) is 0 Å². The zero-order chi connectivity index (χ0) is 15.2. The van der Waals surface area contributed by atoms with E-state index in [0.717, 1.165) is 11.3 Å². The van der Waals surface area contributed by atoms with Gasteiger partial charge in [0.05, 0.1) is 12.1 Å². The van der Waals surface area contributed by atoms with Crippen LogP contribution < -0.4 is 14.8 Å². The molecule has 0 aromatic heterocycles. The number of benzene rings is 2. The summed E-state index contributed by atoms with van der Waals surface area (Å²) in [6.07, 6.45) is 0. The standard InChI is InChI=1S/C15H14ClF2NO2/c1-20-12-4-2-3-10(7-12)9-19-11-5-6-14(13(16)8-11)21-15(17)18/h2-8,15,19H,9H2,1H3. The van der Waals surface area contributed by atoms with E-state index in [2.05, 4.69) is 10.1 Å². The summed E-state index contributed by atoms with van der Waals surface area (Å²) in [7, 11) is 1.61. The van der Waals surface area contributed by atoms with Crippen LogP contribution in [0.25, 0.3) is 0 Å². The number of hydrogen-bond acceptors (Lipinski definition) is 3. The van der Waals surface area contributed by atoms with Crippen LogP contribution in [0.1, 0.15) is 5.56 Å². The van der Waals surface area contributed by atoms with E-state index in [1.165, 1.54) is 6.07 Å². The fourth-order valence-corrected chi connectivity index (χ4v) is 2.01. The van der Waals surface area contributed by atoms with Crippen molar-refractivity contribution in [2.45, 2.75) is 13.2 Å². The summed E-state index contributed by atoms with van der Waals surface area (Å²) in [5.41, 5.74) is 1.74. The predicted octanol–water partition coefficient (Wildman–Crippen LogP) is 4.56. The van der Waals surface area contributed by atoms with Crippen molar-refractivity contribution in [1.29, 1.82) is 0 Å². The van der Waals surface area contributed by atoms with E-state index in [4.69, 9.17) is 16.3 Å². The third-order valence-electron chi connectivity index (χ3n) is 2.78. The lowest BCUT2D eigenvalue weighted by atomic mass is 10.2. The summed E-state index contributed by atoms with van der Waals surface area (Å²) in [4.78, 5) is 0. The first-order valence-corrected chi connectivity index (χ1v) is 6.57. The Kier molecular flexibility index (Phi) is 5.22. The second-order valence-corrected chi connectivity index (χ2v) is 4.64. The van der Waals surface area contributed by atoms with Crippen molar-refractivity contribution in [2.75, 3.05) is 12.4 Å². The molecule has 21 heavy (non-hydrogen) atoms. The van der Waals surface area contributed by atoms with Crippen molar-refractivity contribution in [1.82, 2.24) is 0 Å². The Labute approximate surface area is 126 Å². The molecule has 2 aromatic rings. The number of methoxy groups -OCH3 is 1. The van der Waals surface area contributed by atoms with E-state index < -0.39 is 6.61 Å². The number of alkyl halides is 2. The number of halogens is 3. The van der Waals surface area contributed by atoms with Crippen LogP contribution in [0.4, 0.5) is 14.5 Å². The molecule has 3 nitrogen and oxygen atoms in total. The van der Waals surface area contributed by atoms with E-state index in [0.29, 0.717) is 12.2 Å². The van der Waals surface area contributed by atoms with E-state index in [1.54, 1.807) is 19.2 Å². The molecule has 0 amide bonds. The van der Waals surface area contributed by atoms with Crippen LogP contribution in [0.3, 0.4) is 0 Å². The molecule has 2 rings (SSSR count). The maximum atomic E-state index is 12.1. The van der Waals surface area contributed by atoms with E-state index in [1.807, 2.05) is 24.3 Å². The molecule has 112 valence electrons. The zero-order valence-electron chi connectivity index (χ0n) is 11.3. The van der Waals surface area contributed by atoms with Crippen molar-refractivity contribution in [3.8, 4) is 11.5 Å². The molecule has 0 radical (unpaired) electrons. The average molecular weight is 314 g/mol. The fourth-order valence-electron chi connectivity index (χ4n) is 1.79. The smallest absolute Gasteiger partial charge is 0.387 e. The number of anilines is 1. The first kappa shape index (κ1) is 15.4. The summed E-state index contributed by atoms with van der Waals surface area (Å²) < 4.78 is 33.7. The first-order valence-electron chi connectivity index (χ1n) is 6.19. The van der Waals surface area contributed by atoms with Gasteiger partial charge >= 0.3 is 6.61 Å².